The van der Waals surface area contributed by atoms with Crippen LogP contribution in [0.15, 0.2) is 12.7 Å². The summed E-state index contributed by atoms with van der Waals surface area (Å²) in [5.74, 6) is -0.906. The normalized spacial score (nSPS) is 13.4. The lowest BCUT2D eigenvalue weighted by molar-refractivity contribution is -0.142. The fraction of sp³-hybridized carbons (Fsp3) is 0.625. The summed E-state index contributed by atoms with van der Waals surface area (Å²) in [5, 5.41) is -1.11. The Kier molecular flexibility index (Phi) is 4.69. The molecule has 0 spiro atoms. The predicted octanol–water partition coefficient (Wildman–Crippen LogP) is 0.539. The van der Waals surface area contributed by atoms with Gasteiger partial charge in [0.2, 0.25) is 0 Å². The molecule has 0 N–H and O–H groups in total. The molecule has 0 rings (SSSR count). The highest BCUT2D eigenvalue weighted by Gasteiger charge is 2.27. The lowest BCUT2D eigenvalue weighted by Crippen LogP contribution is -2.30. The van der Waals surface area contributed by atoms with Gasteiger partial charge in [-0.25, -0.2) is 8.42 Å². The zero-order valence-corrected chi connectivity index (χ0v) is 8.63. The molecule has 0 amide bonds. The van der Waals surface area contributed by atoms with Gasteiger partial charge in [0.05, 0.1) is 12.4 Å². The zero-order valence-electron chi connectivity index (χ0n) is 7.82. The number of sulfone groups is 1. The smallest absolute Gasteiger partial charge is 0.324 e. The van der Waals surface area contributed by atoms with E-state index in [1.807, 2.05) is 0 Å². The minimum atomic E-state index is -3.42. The first-order chi connectivity index (χ1) is 5.95. The molecule has 0 aromatic carbocycles. The van der Waals surface area contributed by atoms with Crippen molar-refractivity contribution in [2.75, 3.05) is 12.4 Å². The van der Waals surface area contributed by atoms with E-state index < -0.39 is 21.1 Å². The summed E-state index contributed by atoms with van der Waals surface area (Å²) in [6, 6.07) is 0. The van der Waals surface area contributed by atoms with Gasteiger partial charge in [-0.05, 0) is 13.8 Å². The van der Waals surface area contributed by atoms with Crippen molar-refractivity contribution in [2.24, 2.45) is 0 Å². The molecule has 0 bridgehead atoms. The molecule has 0 fully saturated rings. The van der Waals surface area contributed by atoms with Crippen LogP contribution in [0, 0.1) is 0 Å². The molecular weight excluding hydrogens is 192 g/mol. The first-order valence-electron chi connectivity index (χ1n) is 3.94. The molecule has 0 heterocycles. The first kappa shape index (κ1) is 12.2. The standard InChI is InChI=1S/C8H14O4S/c1-4-6-13(10,11)7(3)8(9)12-5-2/h4,7H,1,5-6H2,2-3H3. The van der Waals surface area contributed by atoms with Crippen LogP contribution in [0.3, 0.4) is 0 Å². The molecule has 5 heteroatoms. The second kappa shape index (κ2) is 5.01. The fourth-order valence-electron chi connectivity index (χ4n) is 0.715. The number of ether oxygens (including phenoxy) is 1. The topological polar surface area (TPSA) is 60.4 Å². The van der Waals surface area contributed by atoms with Crippen molar-refractivity contribution in [1.82, 2.24) is 0 Å². The Bertz CT molecular complexity index is 279. The third kappa shape index (κ3) is 3.59. The Morgan fingerprint density at radius 2 is 2.15 bits per heavy atom. The summed E-state index contributed by atoms with van der Waals surface area (Å²) in [5.41, 5.74) is 0. The SMILES string of the molecule is C=CCS(=O)(=O)C(C)C(=O)OCC. The van der Waals surface area contributed by atoms with Crippen LogP contribution in [-0.4, -0.2) is 32.0 Å². The molecule has 1 unspecified atom stereocenters. The highest BCUT2D eigenvalue weighted by atomic mass is 32.2. The van der Waals surface area contributed by atoms with Crippen LogP contribution in [0.2, 0.25) is 0 Å². The van der Waals surface area contributed by atoms with Gasteiger partial charge in [-0.1, -0.05) is 6.08 Å². The van der Waals surface area contributed by atoms with Gasteiger partial charge in [0.1, 0.15) is 0 Å². The Morgan fingerprint density at radius 3 is 2.54 bits per heavy atom. The number of carbonyl (C=O) groups is 1. The van der Waals surface area contributed by atoms with Crippen molar-refractivity contribution in [2.45, 2.75) is 19.1 Å². The zero-order chi connectivity index (χ0) is 10.5. The summed E-state index contributed by atoms with van der Waals surface area (Å²) < 4.78 is 27.1. The van der Waals surface area contributed by atoms with Gasteiger partial charge in [-0.3, -0.25) is 4.79 Å². The van der Waals surface area contributed by atoms with Crippen molar-refractivity contribution >= 4 is 15.8 Å². The molecule has 0 radical (unpaired) electrons. The van der Waals surface area contributed by atoms with Crippen LogP contribution in [0.4, 0.5) is 0 Å². The largest absolute Gasteiger partial charge is 0.465 e. The Morgan fingerprint density at radius 1 is 1.62 bits per heavy atom. The van der Waals surface area contributed by atoms with E-state index >= 15 is 0 Å². The molecular formula is C8H14O4S. The highest BCUT2D eigenvalue weighted by molar-refractivity contribution is 7.92. The van der Waals surface area contributed by atoms with Crippen LogP contribution in [0.25, 0.3) is 0 Å². The molecule has 13 heavy (non-hydrogen) atoms. The minimum Gasteiger partial charge on any atom is -0.465 e. The minimum absolute atomic E-state index is 0.187. The second-order valence-electron chi connectivity index (χ2n) is 2.51. The molecule has 76 valence electrons. The van der Waals surface area contributed by atoms with Crippen LogP contribution in [0.5, 0.6) is 0 Å². The van der Waals surface area contributed by atoms with Crippen LogP contribution < -0.4 is 0 Å². The lowest BCUT2D eigenvalue weighted by atomic mass is 10.5. The molecule has 4 nitrogen and oxygen atoms in total. The molecule has 0 aliphatic carbocycles. The summed E-state index contributed by atoms with van der Waals surface area (Å²) in [7, 11) is -3.42. The van der Waals surface area contributed by atoms with Gasteiger partial charge >= 0.3 is 5.97 Å². The maximum Gasteiger partial charge on any atom is 0.324 e. The van der Waals surface area contributed by atoms with E-state index in [4.69, 9.17) is 0 Å². The van der Waals surface area contributed by atoms with E-state index in [1.165, 1.54) is 13.0 Å². The van der Waals surface area contributed by atoms with Crippen LogP contribution in [0.1, 0.15) is 13.8 Å². The summed E-state index contributed by atoms with van der Waals surface area (Å²) in [4.78, 5) is 11.0. The lowest BCUT2D eigenvalue weighted by Gasteiger charge is -2.09. The van der Waals surface area contributed by atoms with Gasteiger partial charge in [-0.2, -0.15) is 0 Å². The van der Waals surface area contributed by atoms with Gasteiger partial charge in [0.15, 0.2) is 15.1 Å². The van der Waals surface area contributed by atoms with Gasteiger partial charge in [0.25, 0.3) is 0 Å². The van der Waals surface area contributed by atoms with E-state index in [0.717, 1.165) is 0 Å². The third-order valence-corrected chi connectivity index (χ3v) is 3.48. The van der Waals surface area contributed by atoms with E-state index in [-0.39, 0.29) is 12.4 Å². The molecule has 1 atom stereocenters. The Hall–Kier alpha value is -0.840. The Labute approximate surface area is 78.5 Å². The number of rotatable bonds is 5. The van der Waals surface area contributed by atoms with Gasteiger partial charge < -0.3 is 4.74 Å². The van der Waals surface area contributed by atoms with Crippen LogP contribution >= 0.6 is 0 Å². The first-order valence-corrected chi connectivity index (χ1v) is 5.66. The fourth-order valence-corrected chi connectivity index (χ4v) is 1.69. The quantitative estimate of drug-likeness (QED) is 0.486. The number of hydrogen-bond donors (Lipinski definition) is 0. The van der Waals surface area contributed by atoms with E-state index in [0.29, 0.717) is 0 Å². The van der Waals surface area contributed by atoms with Crippen molar-refractivity contribution in [3.63, 3.8) is 0 Å². The highest BCUT2D eigenvalue weighted by Crippen LogP contribution is 2.04. The molecule has 0 aliphatic heterocycles. The van der Waals surface area contributed by atoms with E-state index in [1.54, 1.807) is 6.92 Å². The number of esters is 1. The summed E-state index contributed by atoms with van der Waals surface area (Å²) in [6.07, 6.45) is 1.26. The molecule has 0 aromatic rings. The number of hydrogen-bond acceptors (Lipinski definition) is 4. The molecule has 0 aliphatic rings. The summed E-state index contributed by atoms with van der Waals surface area (Å²) in [6.45, 7) is 6.44. The van der Waals surface area contributed by atoms with Crippen molar-refractivity contribution in [3.05, 3.63) is 12.7 Å². The molecule has 0 saturated carbocycles. The van der Waals surface area contributed by atoms with Crippen molar-refractivity contribution < 1.29 is 17.9 Å². The van der Waals surface area contributed by atoms with Crippen molar-refractivity contribution in [3.8, 4) is 0 Å². The predicted molar refractivity (Wildman–Crippen MR) is 50.1 cm³/mol. The van der Waals surface area contributed by atoms with Crippen LogP contribution in [-0.2, 0) is 19.4 Å². The van der Waals surface area contributed by atoms with Gasteiger partial charge in [0, 0.05) is 0 Å². The Balaban J connectivity index is 4.49. The van der Waals surface area contributed by atoms with E-state index in [2.05, 4.69) is 11.3 Å². The second-order valence-corrected chi connectivity index (χ2v) is 4.88. The average molecular weight is 206 g/mol. The maximum atomic E-state index is 11.3. The average Bonchev–Trinajstić information content (AvgIpc) is 2.03. The molecule has 0 saturated heterocycles. The number of carbonyl (C=O) groups excluding carboxylic acids is 1. The third-order valence-electron chi connectivity index (χ3n) is 1.51. The summed E-state index contributed by atoms with van der Waals surface area (Å²) >= 11 is 0. The maximum absolute atomic E-state index is 11.3. The van der Waals surface area contributed by atoms with Crippen molar-refractivity contribution in [1.29, 1.82) is 0 Å². The molecule has 0 aromatic heterocycles. The van der Waals surface area contributed by atoms with Gasteiger partial charge in [-0.15, -0.1) is 6.58 Å². The monoisotopic (exact) mass is 206 g/mol. The van der Waals surface area contributed by atoms with E-state index in [9.17, 15) is 13.2 Å².